The fourth-order valence-electron chi connectivity index (χ4n) is 5.24. The number of hydrogen-bond donors (Lipinski definition) is 0. The van der Waals surface area contributed by atoms with E-state index in [1.165, 1.54) is 6.92 Å². The molecule has 2 aromatic heterocycles. The van der Waals surface area contributed by atoms with Crippen LogP contribution in [0, 0.1) is 10.1 Å². The molecule has 0 saturated carbocycles. The van der Waals surface area contributed by atoms with Gasteiger partial charge in [0.25, 0.3) is 5.09 Å². The van der Waals surface area contributed by atoms with Gasteiger partial charge in [0.15, 0.2) is 10.8 Å². The molecule has 0 fully saturated rings. The number of imidazole rings is 1. The van der Waals surface area contributed by atoms with E-state index in [4.69, 9.17) is 30.5 Å². The molecule has 5 aromatic rings. The molecule has 5 rings (SSSR count). The first-order valence-corrected chi connectivity index (χ1v) is 17.2. The third-order valence-electron chi connectivity index (χ3n) is 7.82. The predicted molar refractivity (Wildman–Crippen MR) is 190 cm³/mol. The van der Waals surface area contributed by atoms with E-state index in [0.29, 0.717) is 28.9 Å². The molecule has 0 radical (unpaired) electrons. The van der Waals surface area contributed by atoms with Crippen LogP contribution in [0.15, 0.2) is 72.8 Å². The topological polar surface area (TPSA) is 202 Å². The first-order valence-electron chi connectivity index (χ1n) is 16.9. The lowest BCUT2D eigenvalue weighted by atomic mass is 9.98. The number of esters is 1. The first-order chi connectivity index (χ1) is 26.1. The Bertz CT molecular complexity index is 2080. The summed E-state index contributed by atoms with van der Waals surface area (Å²) in [6, 6.07) is 21.5. The van der Waals surface area contributed by atoms with Crippen molar-refractivity contribution in [3.8, 4) is 22.5 Å². The van der Waals surface area contributed by atoms with Crippen molar-refractivity contribution in [2.75, 3.05) is 6.61 Å². The molecular formula is C36H36ClN7O10. The first kappa shape index (κ1) is 38.9. The van der Waals surface area contributed by atoms with Crippen molar-refractivity contribution in [3.05, 3.63) is 116 Å². The third-order valence-corrected chi connectivity index (χ3v) is 8.08. The number of rotatable bonds is 16. The molecule has 0 spiro atoms. The molecule has 0 N–H and O–H groups in total. The summed E-state index contributed by atoms with van der Waals surface area (Å²) < 4.78 is 22.1. The highest BCUT2D eigenvalue weighted by Gasteiger charge is 2.26. The Morgan fingerprint density at radius 1 is 0.889 bits per heavy atom. The molecular weight excluding hydrogens is 726 g/mol. The molecule has 282 valence electrons. The lowest BCUT2D eigenvalue weighted by Crippen LogP contribution is -2.24. The zero-order valence-corrected chi connectivity index (χ0v) is 30.3. The van der Waals surface area contributed by atoms with Crippen LogP contribution in [0.25, 0.3) is 22.5 Å². The van der Waals surface area contributed by atoms with E-state index in [1.54, 1.807) is 41.8 Å². The van der Waals surface area contributed by atoms with Crippen LogP contribution >= 0.6 is 11.6 Å². The second-order valence-corrected chi connectivity index (χ2v) is 12.0. The van der Waals surface area contributed by atoms with Crippen molar-refractivity contribution in [1.82, 2.24) is 29.8 Å². The molecule has 0 saturated heterocycles. The number of benzene rings is 3. The van der Waals surface area contributed by atoms with Gasteiger partial charge in [-0.25, -0.2) is 19.4 Å². The van der Waals surface area contributed by atoms with Crippen LogP contribution in [0.1, 0.15) is 66.6 Å². The molecule has 0 bridgehead atoms. The summed E-state index contributed by atoms with van der Waals surface area (Å²) in [5, 5.41) is 21.7. The summed E-state index contributed by atoms with van der Waals surface area (Å²) in [7, 11) is 0. The largest absolute Gasteiger partial charge is 0.511 e. The van der Waals surface area contributed by atoms with E-state index < -0.39 is 29.6 Å². The minimum Gasteiger partial charge on any atom is -0.442 e. The van der Waals surface area contributed by atoms with E-state index in [9.17, 15) is 24.5 Å². The molecule has 0 aliphatic carbocycles. The van der Waals surface area contributed by atoms with Crippen molar-refractivity contribution < 1.29 is 43.3 Å². The number of tetrazole rings is 1. The quantitative estimate of drug-likeness (QED) is 0.0333. The van der Waals surface area contributed by atoms with Crippen molar-refractivity contribution in [3.63, 3.8) is 0 Å². The second kappa shape index (κ2) is 18.4. The number of carbonyl (C=O) groups is 3. The van der Waals surface area contributed by atoms with Gasteiger partial charge in [0, 0.05) is 25.5 Å². The molecule has 1 atom stereocenters. The normalized spacial score (nSPS) is 11.4. The van der Waals surface area contributed by atoms with Gasteiger partial charge in [0.2, 0.25) is 12.1 Å². The summed E-state index contributed by atoms with van der Waals surface area (Å²) in [6.45, 7) is 5.13. The monoisotopic (exact) mass is 761 g/mol. The number of aromatic nitrogens is 6. The third kappa shape index (κ3) is 10.2. The maximum atomic E-state index is 13.3. The lowest BCUT2D eigenvalue weighted by molar-refractivity contribution is -0.763. The molecule has 18 heteroatoms. The fraction of sp³-hybridized carbons (Fsp3) is 0.306. The average Bonchev–Trinajstić information content (AvgIpc) is 3.77. The zero-order chi connectivity index (χ0) is 38.6. The van der Waals surface area contributed by atoms with E-state index in [2.05, 4.69) is 25.2 Å². The highest BCUT2D eigenvalue weighted by molar-refractivity contribution is 6.32. The van der Waals surface area contributed by atoms with E-state index >= 15 is 0 Å². The molecule has 0 amide bonds. The van der Waals surface area contributed by atoms with Gasteiger partial charge in [-0.15, -0.1) is 20.3 Å². The van der Waals surface area contributed by atoms with E-state index in [0.717, 1.165) is 34.3 Å². The maximum Gasteiger partial charge on any atom is 0.511 e. The van der Waals surface area contributed by atoms with Gasteiger partial charge in [0.1, 0.15) is 19.0 Å². The van der Waals surface area contributed by atoms with Crippen LogP contribution in [-0.4, -0.2) is 66.0 Å². The number of carbonyl (C=O) groups excluding carboxylic acids is 3. The summed E-state index contributed by atoms with van der Waals surface area (Å²) in [4.78, 5) is 57.6. The second-order valence-electron chi connectivity index (χ2n) is 11.6. The van der Waals surface area contributed by atoms with Gasteiger partial charge in [-0.1, -0.05) is 103 Å². The van der Waals surface area contributed by atoms with Crippen LogP contribution < -0.4 is 0 Å². The van der Waals surface area contributed by atoms with Crippen LogP contribution in [0.4, 0.5) is 9.59 Å². The number of halogens is 1. The minimum atomic E-state index is -1.23. The van der Waals surface area contributed by atoms with E-state index in [1.807, 2.05) is 49.4 Å². The number of unbranched alkanes of at least 4 members (excludes halogenated alkanes) is 1. The molecule has 3 aromatic carbocycles. The van der Waals surface area contributed by atoms with E-state index in [-0.39, 0.29) is 43.0 Å². The predicted octanol–water partition coefficient (Wildman–Crippen LogP) is 6.82. The van der Waals surface area contributed by atoms with Crippen molar-refractivity contribution in [2.24, 2.45) is 0 Å². The van der Waals surface area contributed by atoms with Crippen LogP contribution in [0.5, 0.6) is 0 Å². The Hall–Kier alpha value is -6.36. The fourth-order valence-corrected chi connectivity index (χ4v) is 5.52. The smallest absolute Gasteiger partial charge is 0.442 e. The SMILES string of the molecule is CCCCc1nc(Cl)c(C(=O)OC(C)OC(=O)OCC)n1Cc1ccc(-c2ccccc2-c2nnn(C(=O)OCc3ccc(CO[N+](=O)[O-])cc3)n2)cc1. The Morgan fingerprint density at radius 2 is 1.56 bits per heavy atom. The number of aryl methyl sites for hydroxylation is 1. The summed E-state index contributed by atoms with van der Waals surface area (Å²) in [5.41, 5.74) is 4.29. The van der Waals surface area contributed by atoms with Crippen LogP contribution in [0.2, 0.25) is 5.15 Å². The molecule has 0 aliphatic heterocycles. The van der Waals surface area contributed by atoms with Crippen LogP contribution in [-0.2, 0) is 50.0 Å². The Balaban J connectivity index is 1.29. The standard InChI is InChI=1S/C36H36ClN7O10/c1-4-6-11-30-38-32(37)31(34(45)53-23(3)54-36(47)50-5-2)42(30)20-24-16-18-27(19-17-24)28-9-7-8-10-29(28)33-39-41-43(40-33)35(46)51-21-25-12-14-26(15-13-25)22-52-44(48)49/h7-10,12-19,23H,4-6,11,20-22H2,1-3H3. The van der Waals surface area contributed by atoms with Crippen molar-refractivity contribution >= 4 is 29.8 Å². The molecule has 54 heavy (non-hydrogen) atoms. The molecule has 1 unspecified atom stereocenters. The molecule has 0 aliphatic rings. The van der Waals surface area contributed by atoms with Gasteiger partial charge in [-0.3, -0.25) is 0 Å². The van der Waals surface area contributed by atoms with Gasteiger partial charge >= 0.3 is 18.2 Å². The highest BCUT2D eigenvalue weighted by atomic mass is 35.5. The van der Waals surface area contributed by atoms with Crippen molar-refractivity contribution in [1.29, 1.82) is 0 Å². The Kier molecular flexibility index (Phi) is 13.3. The summed E-state index contributed by atoms with van der Waals surface area (Å²) in [6.07, 6.45) is -0.760. The van der Waals surface area contributed by atoms with Crippen molar-refractivity contribution in [2.45, 2.75) is 66.1 Å². The van der Waals surface area contributed by atoms with Gasteiger partial charge in [-0.05, 0) is 46.4 Å². The Labute approximate surface area is 313 Å². The van der Waals surface area contributed by atoms with Gasteiger partial charge < -0.3 is 28.4 Å². The van der Waals surface area contributed by atoms with Crippen LogP contribution in [0.3, 0.4) is 0 Å². The number of nitrogens with zero attached hydrogens (tertiary/aromatic N) is 7. The Morgan fingerprint density at radius 3 is 2.22 bits per heavy atom. The summed E-state index contributed by atoms with van der Waals surface area (Å²) in [5.74, 6) is -0.00795. The molecule has 2 heterocycles. The lowest BCUT2D eigenvalue weighted by Gasteiger charge is -2.16. The zero-order valence-electron chi connectivity index (χ0n) is 29.5. The maximum absolute atomic E-state index is 13.3. The minimum absolute atomic E-state index is 0.0268. The highest BCUT2D eigenvalue weighted by Crippen LogP contribution is 2.31. The van der Waals surface area contributed by atoms with Gasteiger partial charge in [-0.2, -0.15) is 0 Å². The number of ether oxygens (including phenoxy) is 4. The summed E-state index contributed by atoms with van der Waals surface area (Å²) >= 11 is 6.47. The number of hydrogen-bond acceptors (Lipinski definition) is 14. The molecule has 17 nitrogen and oxygen atoms in total. The average molecular weight is 762 g/mol. The van der Waals surface area contributed by atoms with Gasteiger partial charge in [0.05, 0.1) is 6.61 Å².